The molecular formula is C21H39NO3S2. The predicted molar refractivity (Wildman–Crippen MR) is 118 cm³/mol. The van der Waals surface area contributed by atoms with Crippen molar-refractivity contribution in [1.82, 2.24) is 5.32 Å². The van der Waals surface area contributed by atoms with Gasteiger partial charge in [0.25, 0.3) is 0 Å². The zero-order valence-corrected chi connectivity index (χ0v) is 19.5. The van der Waals surface area contributed by atoms with E-state index in [1.54, 1.807) is 7.05 Å². The van der Waals surface area contributed by atoms with E-state index < -0.39 is 11.4 Å². The zero-order valence-electron chi connectivity index (χ0n) is 17.9. The third kappa shape index (κ3) is 8.26. The van der Waals surface area contributed by atoms with Crippen molar-refractivity contribution in [2.45, 2.75) is 89.6 Å². The van der Waals surface area contributed by atoms with Crippen molar-refractivity contribution in [2.75, 3.05) is 18.6 Å². The van der Waals surface area contributed by atoms with E-state index in [9.17, 15) is 14.7 Å². The summed E-state index contributed by atoms with van der Waals surface area (Å²) < 4.78 is 0.294. The van der Waals surface area contributed by atoms with E-state index in [4.69, 9.17) is 0 Å². The number of rotatable bonds is 12. The fourth-order valence-corrected chi connectivity index (χ4v) is 7.00. The highest BCUT2D eigenvalue weighted by Gasteiger charge is 2.34. The van der Waals surface area contributed by atoms with E-state index in [-0.39, 0.29) is 11.3 Å². The number of carbonyl (C=O) groups excluding carboxylic acids is 1. The minimum absolute atomic E-state index is 0.125. The second kappa shape index (κ2) is 11.0. The fraction of sp³-hybridized carbons (Fsp3) is 0.905. The van der Waals surface area contributed by atoms with Crippen molar-refractivity contribution in [3.05, 3.63) is 0 Å². The van der Waals surface area contributed by atoms with Gasteiger partial charge < -0.3 is 10.4 Å². The van der Waals surface area contributed by atoms with Gasteiger partial charge in [0.1, 0.15) is 0 Å². The van der Waals surface area contributed by atoms with E-state index in [1.165, 1.54) is 24.3 Å². The molecule has 1 amide bonds. The number of amides is 1. The quantitative estimate of drug-likeness (QED) is 0.407. The van der Waals surface area contributed by atoms with Crippen molar-refractivity contribution in [3.63, 3.8) is 0 Å². The lowest BCUT2D eigenvalue weighted by molar-refractivity contribution is -0.147. The van der Waals surface area contributed by atoms with Gasteiger partial charge in [-0.3, -0.25) is 9.59 Å². The molecule has 1 aliphatic rings. The topological polar surface area (TPSA) is 66.4 Å². The highest BCUT2D eigenvalue weighted by atomic mass is 32.2. The molecule has 1 saturated heterocycles. The molecule has 0 aromatic heterocycles. The monoisotopic (exact) mass is 417 g/mol. The van der Waals surface area contributed by atoms with Gasteiger partial charge in [-0.25, -0.2) is 0 Å². The molecule has 158 valence electrons. The first kappa shape index (κ1) is 24.7. The summed E-state index contributed by atoms with van der Waals surface area (Å²) in [5.74, 6) is 1.89. The van der Waals surface area contributed by atoms with E-state index in [0.29, 0.717) is 4.08 Å². The van der Waals surface area contributed by atoms with Crippen LogP contribution in [0.2, 0.25) is 0 Å². The molecule has 0 aromatic rings. The van der Waals surface area contributed by atoms with Crippen LogP contribution in [0.4, 0.5) is 0 Å². The average Bonchev–Trinajstić information content (AvgIpc) is 2.62. The zero-order chi connectivity index (χ0) is 20.6. The molecule has 2 N–H and O–H groups in total. The van der Waals surface area contributed by atoms with E-state index in [2.05, 4.69) is 28.8 Å². The van der Waals surface area contributed by atoms with Gasteiger partial charge in [-0.05, 0) is 57.5 Å². The van der Waals surface area contributed by atoms with Crippen LogP contribution in [0.3, 0.4) is 0 Å². The van der Waals surface area contributed by atoms with Crippen molar-refractivity contribution in [3.8, 4) is 0 Å². The second-order valence-electron chi connectivity index (χ2n) is 9.03. The lowest BCUT2D eigenvalue weighted by Gasteiger charge is -2.37. The van der Waals surface area contributed by atoms with Gasteiger partial charge in [0.2, 0.25) is 5.91 Å². The van der Waals surface area contributed by atoms with Crippen LogP contribution in [0.1, 0.15) is 85.5 Å². The second-order valence-corrected chi connectivity index (χ2v) is 12.2. The Morgan fingerprint density at radius 1 is 0.926 bits per heavy atom. The third-order valence-electron chi connectivity index (χ3n) is 5.66. The molecule has 0 aliphatic carbocycles. The van der Waals surface area contributed by atoms with Crippen LogP contribution in [0.5, 0.6) is 0 Å². The highest BCUT2D eigenvalue weighted by Crippen LogP contribution is 2.49. The summed E-state index contributed by atoms with van der Waals surface area (Å²) in [5, 5.41) is 12.0. The normalized spacial score (nSPS) is 17.5. The van der Waals surface area contributed by atoms with Gasteiger partial charge in [-0.2, -0.15) is 0 Å². The summed E-state index contributed by atoms with van der Waals surface area (Å²) in [6.45, 7) is 7.69. The number of nitrogens with one attached hydrogen (secondary N) is 1. The maximum Gasteiger partial charge on any atom is 0.309 e. The summed E-state index contributed by atoms with van der Waals surface area (Å²) in [4.78, 5) is 23.2. The smallest absolute Gasteiger partial charge is 0.309 e. The fourth-order valence-electron chi connectivity index (χ4n) is 3.51. The molecular weight excluding hydrogens is 378 g/mol. The van der Waals surface area contributed by atoms with Crippen LogP contribution < -0.4 is 5.32 Å². The predicted octanol–water partition coefficient (Wildman–Crippen LogP) is 5.56. The van der Waals surface area contributed by atoms with Crippen LogP contribution in [-0.4, -0.2) is 39.6 Å². The summed E-state index contributed by atoms with van der Waals surface area (Å²) in [5.41, 5.74) is -0.914. The Morgan fingerprint density at radius 3 is 1.85 bits per heavy atom. The molecule has 0 radical (unpaired) electrons. The SMILES string of the molecule is CNC(=O)C(C)(C)CCCCC1(CCCCC(C)(C)C(=O)O)SCCCS1. The van der Waals surface area contributed by atoms with Crippen LogP contribution in [0.15, 0.2) is 0 Å². The molecule has 0 atom stereocenters. The Hall–Kier alpha value is -0.360. The number of carboxylic acid groups (broad SMARTS) is 1. The van der Waals surface area contributed by atoms with Gasteiger partial charge in [-0.1, -0.05) is 39.5 Å². The van der Waals surface area contributed by atoms with Gasteiger partial charge in [-0.15, -0.1) is 23.5 Å². The lowest BCUT2D eigenvalue weighted by Crippen LogP contribution is -2.34. The average molecular weight is 418 g/mol. The van der Waals surface area contributed by atoms with Gasteiger partial charge in [0.05, 0.1) is 9.49 Å². The number of hydrogen-bond donors (Lipinski definition) is 2. The molecule has 1 rings (SSSR count). The first-order chi connectivity index (χ1) is 12.5. The minimum Gasteiger partial charge on any atom is -0.481 e. The summed E-state index contributed by atoms with van der Waals surface area (Å²) in [6, 6.07) is 0. The largest absolute Gasteiger partial charge is 0.481 e. The van der Waals surface area contributed by atoms with Crippen molar-refractivity contribution < 1.29 is 14.7 Å². The molecule has 0 aromatic carbocycles. The molecule has 0 bridgehead atoms. The van der Waals surface area contributed by atoms with E-state index in [0.717, 1.165) is 44.9 Å². The molecule has 0 spiro atoms. The lowest BCUT2D eigenvalue weighted by atomic mass is 9.85. The van der Waals surface area contributed by atoms with Gasteiger partial charge >= 0.3 is 5.97 Å². The molecule has 1 aliphatic heterocycles. The Labute approximate surface area is 174 Å². The van der Waals surface area contributed by atoms with E-state index in [1.807, 2.05) is 27.7 Å². The number of carbonyl (C=O) groups is 2. The first-order valence-electron chi connectivity index (χ1n) is 10.3. The molecule has 6 heteroatoms. The number of carboxylic acids is 1. The summed E-state index contributed by atoms with van der Waals surface area (Å²) >= 11 is 4.22. The van der Waals surface area contributed by atoms with Crippen molar-refractivity contribution in [2.24, 2.45) is 10.8 Å². The van der Waals surface area contributed by atoms with Crippen LogP contribution in [0.25, 0.3) is 0 Å². The Morgan fingerprint density at radius 2 is 1.41 bits per heavy atom. The molecule has 1 fully saturated rings. The van der Waals surface area contributed by atoms with Gasteiger partial charge in [0, 0.05) is 12.5 Å². The van der Waals surface area contributed by atoms with Crippen LogP contribution in [-0.2, 0) is 9.59 Å². The van der Waals surface area contributed by atoms with E-state index >= 15 is 0 Å². The van der Waals surface area contributed by atoms with Crippen molar-refractivity contribution >= 4 is 35.4 Å². The molecule has 27 heavy (non-hydrogen) atoms. The Bertz CT molecular complexity index is 486. The summed E-state index contributed by atoms with van der Waals surface area (Å²) in [6.07, 6.45) is 9.61. The van der Waals surface area contributed by atoms with Crippen LogP contribution >= 0.6 is 23.5 Å². The number of thioether (sulfide) groups is 2. The maximum atomic E-state index is 11.9. The Kier molecular flexibility index (Phi) is 10.0. The number of hydrogen-bond acceptors (Lipinski definition) is 4. The maximum absolute atomic E-state index is 11.9. The van der Waals surface area contributed by atoms with Crippen molar-refractivity contribution in [1.29, 1.82) is 0 Å². The summed E-state index contributed by atoms with van der Waals surface area (Å²) in [7, 11) is 1.71. The standard InChI is InChI=1S/C21H39NO3S2/c1-19(2,17(23)22-5)11-6-8-13-21(26-15-10-16-27-21)14-9-7-12-20(3,4)18(24)25/h6-16H2,1-5H3,(H,22,23)(H,24,25). The molecule has 4 nitrogen and oxygen atoms in total. The third-order valence-corrected chi connectivity index (χ3v) is 9.22. The molecule has 0 unspecified atom stereocenters. The number of aliphatic carboxylic acids is 1. The minimum atomic E-state index is -0.697. The molecule has 1 heterocycles. The highest BCUT2D eigenvalue weighted by molar-refractivity contribution is 8.18. The Balaban J connectivity index is 2.45. The number of unbranched alkanes of at least 4 members (excludes halogenated alkanes) is 2. The molecule has 0 saturated carbocycles. The van der Waals surface area contributed by atoms with Crippen LogP contribution in [0, 0.1) is 10.8 Å². The van der Waals surface area contributed by atoms with Gasteiger partial charge in [0.15, 0.2) is 0 Å². The first-order valence-corrected chi connectivity index (χ1v) is 12.3.